The molecule has 5 nitrogen and oxygen atoms in total. The summed E-state index contributed by atoms with van der Waals surface area (Å²) in [4.78, 5) is 13.0. The van der Waals surface area contributed by atoms with Crippen molar-refractivity contribution in [3.05, 3.63) is 18.2 Å². The van der Waals surface area contributed by atoms with E-state index >= 15 is 0 Å². The zero-order chi connectivity index (χ0) is 13.7. The molecule has 1 heterocycles. The third kappa shape index (κ3) is 3.91. The largest absolute Gasteiger partial charge is 0.494 e. The van der Waals surface area contributed by atoms with Crippen LogP contribution >= 0.6 is 30.8 Å². The van der Waals surface area contributed by atoms with Crippen molar-refractivity contribution in [2.75, 3.05) is 6.61 Å². The van der Waals surface area contributed by atoms with E-state index in [-0.39, 0.29) is 24.9 Å². The molecule has 0 saturated carbocycles. The molecule has 0 aliphatic carbocycles. The highest BCUT2D eigenvalue weighted by Crippen LogP contribution is 2.26. The molecular weight excluding hydrogens is 367 g/mol. The maximum Gasteiger partial charge on any atom is 0.333 e. The van der Waals surface area contributed by atoms with Gasteiger partial charge in [-0.15, -0.1) is 8.46 Å². The Hall–Kier alpha value is -0.685. The monoisotopic (exact) mass is 380 g/mol. The molecular formula is C10H13BINO4P. The minimum absolute atomic E-state index is 0.00474. The van der Waals surface area contributed by atoms with E-state index in [1.54, 1.807) is 6.92 Å². The number of halogens is 1. The van der Waals surface area contributed by atoms with Crippen LogP contribution < -0.4 is 5.30 Å². The zero-order valence-corrected chi connectivity index (χ0v) is 13.0. The maximum atomic E-state index is 11.1. The summed E-state index contributed by atoms with van der Waals surface area (Å²) in [6.45, 7) is 5.28. The molecule has 0 amide bonds. The van der Waals surface area contributed by atoms with Crippen molar-refractivity contribution < 1.29 is 19.7 Å². The average Bonchev–Trinajstić information content (AvgIpc) is 2.56. The SMILES string of the molecule is C=C(C)C(=O)OCCn1c(O)cc(P[B]I)c1O. The number of hydrogen-bond donors (Lipinski definition) is 2. The highest BCUT2D eigenvalue weighted by molar-refractivity contribution is 14.1. The van der Waals surface area contributed by atoms with E-state index in [4.69, 9.17) is 4.74 Å². The van der Waals surface area contributed by atoms with E-state index in [1.165, 1.54) is 10.6 Å². The number of carbonyl (C=O) groups excluding carboxylic acids is 1. The third-order valence-corrected chi connectivity index (χ3v) is 3.88. The molecule has 0 aliphatic rings. The van der Waals surface area contributed by atoms with E-state index in [9.17, 15) is 15.0 Å². The summed E-state index contributed by atoms with van der Waals surface area (Å²) in [5, 5.41) is 20.2. The Morgan fingerprint density at radius 2 is 2.33 bits per heavy atom. The Bertz CT molecular complexity index is 463. The zero-order valence-electron chi connectivity index (χ0n) is 9.81. The summed E-state index contributed by atoms with van der Waals surface area (Å²) in [7, 11) is 0.309. The second-order valence-corrected chi connectivity index (χ2v) is 6.48. The second-order valence-electron chi connectivity index (χ2n) is 3.56. The summed E-state index contributed by atoms with van der Waals surface area (Å²) in [5.74, 6) is -0.520. The molecule has 0 aromatic carbocycles. The molecule has 0 saturated heterocycles. The van der Waals surface area contributed by atoms with Crippen molar-refractivity contribution in [2.24, 2.45) is 0 Å². The molecule has 18 heavy (non-hydrogen) atoms. The van der Waals surface area contributed by atoms with Crippen LogP contribution in [-0.4, -0.2) is 32.2 Å². The summed E-state index contributed by atoms with van der Waals surface area (Å²) < 4.78 is 6.20. The number of hydrogen-bond acceptors (Lipinski definition) is 4. The van der Waals surface area contributed by atoms with Crippen LogP contribution in [-0.2, 0) is 16.1 Å². The van der Waals surface area contributed by atoms with Gasteiger partial charge in [0.05, 0.1) is 6.54 Å². The van der Waals surface area contributed by atoms with Gasteiger partial charge in [0.25, 0.3) is 0 Å². The number of aromatic hydroxyl groups is 2. The van der Waals surface area contributed by atoms with Gasteiger partial charge in [0.1, 0.15) is 6.61 Å². The van der Waals surface area contributed by atoms with Gasteiger partial charge in [-0.05, 0) is 6.92 Å². The molecule has 0 fully saturated rings. The fourth-order valence-corrected chi connectivity index (χ4v) is 2.86. The van der Waals surface area contributed by atoms with Crippen LogP contribution in [0.5, 0.6) is 11.8 Å². The lowest BCUT2D eigenvalue weighted by molar-refractivity contribution is -0.139. The molecule has 0 aliphatic heterocycles. The van der Waals surface area contributed by atoms with Crippen molar-refractivity contribution in [1.82, 2.24) is 4.57 Å². The predicted molar refractivity (Wildman–Crippen MR) is 81.3 cm³/mol. The number of esters is 1. The lowest BCUT2D eigenvalue weighted by Gasteiger charge is -2.08. The summed E-state index contributed by atoms with van der Waals surface area (Å²) in [5.41, 5.74) is 0.317. The first-order valence-electron chi connectivity index (χ1n) is 5.10. The Balaban J connectivity index is 2.62. The van der Waals surface area contributed by atoms with Gasteiger partial charge in [0, 0.05) is 16.9 Å². The van der Waals surface area contributed by atoms with Gasteiger partial charge in [-0.2, -0.15) is 22.4 Å². The van der Waals surface area contributed by atoms with Crippen molar-refractivity contribution in [1.29, 1.82) is 0 Å². The van der Waals surface area contributed by atoms with Crippen molar-refractivity contribution in [2.45, 2.75) is 13.5 Å². The molecule has 1 unspecified atom stereocenters. The van der Waals surface area contributed by atoms with E-state index in [2.05, 4.69) is 29.0 Å². The van der Waals surface area contributed by atoms with Crippen LogP contribution in [0.25, 0.3) is 0 Å². The Labute approximate surface area is 121 Å². The number of aromatic nitrogens is 1. The molecule has 2 N–H and O–H groups in total. The lowest BCUT2D eigenvalue weighted by Crippen LogP contribution is -2.11. The minimum Gasteiger partial charge on any atom is -0.494 e. The molecule has 0 spiro atoms. The number of rotatable bonds is 6. The van der Waals surface area contributed by atoms with Crippen LogP contribution in [0, 0.1) is 0 Å². The topological polar surface area (TPSA) is 71.7 Å². The van der Waals surface area contributed by atoms with Gasteiger partial charge in [-0.3, -0.25) is 4.57 Å². The van der Waals surface area contributed by atoms with E-state index in [0.717, 1.165) is 0 Å². The molecule has 1 atom stereocenters. The predicted octanol–water partition coefficient (Wildman–Crippen LogP) is 1.29. The van der Waals surface area contributed by atoms with Crippen LogP contribution in [0.15, 0.2) is 18.2 Å². The summed E-state index contributed by atoms with van der Waals surface area (Å²) in [6, 6.07) is 1.50. The van der Waals surface area contributed by atoms with Crippen LogP contribution in [0.3, 0.4) is 0 Å². The smallest absolute Gasteiger partial charge is 0.333 e. The van der Waals surface area contributed by atoms with Gasteiger partial charge in [-0.25, -0.2) is 4.79 Å². The minimum atomic E-state index is -0.483. The van der Waals surface area contributed by atoms with E-state index in [1.807, 2.05) is 4.86 Å². The Morgan fingerprint density at radius 3 is 2.89 bits per heavy atom. The normalized spacial score (nSPS) is 10.8. The molecule has 1 aromatic rings. The van der Waals surface area contributed by atoms with Crippen LogP contribution in [0.4, 0.5) is 0 Å². The fourth-order valence-electron chi connectivity index (χ4n) is 1.26. The number of carbonyl (C=O) groups is 1. The molecule has 8 heteroatoms. The maximum absolute atomic E-state index is 11.1. The standard InChI is InChI=1S/C10H13BINO4P/c1-6(2)10(16)17-4-3-13-8(14)5-7(9(13)15)18-11-12/h5,14-15,18H,1,3-4H2,2H3. The molecule has 97 valence electrons. The Kier molecular flexibility index (Phi) is 6.01. The molecule has 0 bridgehead atoms. The second kappa shape index (κ2) is 7.04. The van der Waals surface area contributed by atoms with Gasteiger partial charge < -0.3 is 14.9 Å². The molecule has 1 radical (unpaired) electrons. The van der Waals surface area contributed by atoms with Crippen LogP contribution in [0.2, 0.25) is 0 Å². The van der Waals surface area contributed by atoms with E-state index < -0.39 is 5.97 Å². The number of nitrogens with zero attached hydrogens (tertiary/aromatic N) is 1. The summed E-state index contributed by atoms with van der Waals surface area (Å²) in [6.07, 6.45) is 0. The van der Waals surface area contributed by atoms with Crippen molar-refractivity contribution >= 4 is 47.0 Å². The van der Waals surface area contributed by atoms with Crippen molar-refractivity contribution in [3.63, 3.8) is 0 Å². The van der Waals surface area contributed by atoms with Crippen LogP contribution in [0.1, 0.15) is 6.92 Å². The van der Waals surface area contributed by atoms with Gasteiger partial charge in [-0.1, -0.05) is 6.58 Å². The average molecular weight is 380 g/mol. The molecule has 1 rings (SSSR count). The lowest BCUT2D eigenvalue weighted by atomic mass is 10.4. The van der Waals surface area contributed by atoms with Gasteiger partial charge in [0.15, 0.2) is 5.88 Å². The molecule has 1 aromatic heterocycles. The van der Waals surface area contributed by atoms with E-state index in [0.29, 0.717) is 19.3 Å². The van der Waals surface area contributed by atoms with Gasteiger partial charge in [0.2, 0.25) is 10.7 Å². The van der Waals surface area contributed by atoms with Crippen molar-refractivity contribution in [3.8, 4) is 11.8 Å². The first kappa shape index (κ1) is 15.4. The third-order valence-electron chi connectivity index (χ3n) is 2.15. The summed E-state index contributed by atoms with van der Waals surface area (Å²) >= 11 is 2.08. The van der Waals surface area contributed by atoms with Gasteiger partial charge >= 0.3 is 5.97 Å². The highest BCUT2D eigenvalue weighted by Gasteiger charge is 2.13. The fraction of sp³-hybridized carbons (Fsp3) is 0.300. The highest BCUT2D eigenvalue weighted by atomic mass is 127. The quantitative estimate of drug-likeness (QED) is 0.257. The Morgan fingerprint density at radius 1 is 1.67 bits per heavy atom. The number of ether oxygens (including phenoxy) is 1. The first-order chi connectivity index (χ1) is 8.47. The first-order valence-corrected chi connectivity index (χ1v) is 7.42.